The van der Waals surface area contributed by atoms with Gasteiger partial charge in [0, 0.05) is 23.7 Å². The zero-order chi connectivity index (χ0) is 14.8. The summed E-state index contributed by atoms with van der Waals surface area (Å²) in [5, 5.41) is 22.3. The van der Waals surface area contributed by atoms with Crippen LogP contribution in [0.2, 0.25) is 5.02 Å². The normalized spacial score (nSPS) is 24.9. The highest BCUT2D eigenvalue weighted by molar-refractivity contribution is 6.31. The summed E-state index contributed by atoms with van der Waals surface area (Å²) in [4.78, 5) is 2.19. The van der Waals surface area contributed by atoms with Crippen LogP contribution in [-0.2, 0) is 6.54 Å². The average Bonchev–Trinajstić information content (AvgIpc) is 2.39. The van der Waals surface area contributed by atoms with Gasteiger partial charge in [-0.15, -0.1) is 0 Å². The second-order valence-corrected chi connectivity index (χ2v) is 6.01. The van der Waals surface area contributed by atoms with E-state index in [1.807, 2.05) is 13.0 Å². The number of nitrogens with zero attached hydrogens (tertiary/aromatic N) is 2. The third-order valence-electron chi connectivity index (χ3n) is 3.60. The molecule has 4 N–H and O–H groups in total. The Kier molecular flexibility index (Phi) is 4.52. The Morgan fingerprint density at radius 3 is 2.90 bits per heavy atom. The molecule has 1 unspecified atom stereocenters. The van der Waals surface area contributed by atoms with Gasteiger partial charge in [0.05, 0.1) is 5.60 Å². The Hall–Kier alpha value is -1.30. The highest BCUT2D eigenvalue weighted by atomic mass is 35.5. The van der Waals surface area contributed by atoms with Crippen molar-refractivity contribution in [2.45, 2.75) is 31.9 Å². The number of piperidine rings is 1. The van der Waals surface area contributed by atoms with Crippen LogP contribution in [0.4, 0.5) is 0 Å². The molecule has 0 radical (unpaired) electrons. The Balaban J connectivity index is 2.10. The number of hydrogen-bond donors (Lipinski definition) is 3. The molecule has 0 aliphatic carbocycles. The van der Waals surface area contributed by atoms with Crippen molar-refractivity contribution in [3.63, 3.8) is 0 Å². The van der Waals surface area contributed by atoms with Crippen LogP contribution in [0.5, 0.6) is 0 Å². The van der Waals surface area contributed by atoms with E-state index in [0.29, 0.717) is 23.7 Å². The summed E-state index contributed by atoms with van der Waals surface area (Å²) in [6.07, 6.45) is 1.81. The fourth-order valence-corrected chi connectivity index (χ4v) is 2.83. The minimum absolute atomic E-state index is 0.0411. The first kappa shape index (κ1) is 15.1. The molecule has 2 rings (SSSR count). The van der Waals surface area contributed by atoms with E-state index in [9.17, 15) is 5.11 Å². The number of β-amino-alcohol motifs (C(OH)–C–C–N with tert-alkyl or cyclic N) is 1. The van der Waals surface area contributed by atoms with E-state index in [0.717, 1.165) is 24.9 Å². The van der Waals surface area contributed by atoms with Gasteiger partial charge in [0.1, 0.15) is 0 Å². The Morgan fingerprint density at radius 1 is 1.55 bits per heavy atom. The number of rotatable bonds is 3. The molecule has 110 valence electrons. The summed E-state index contributed by atoms with van der Waals surface area (Å²) in [5.41, 5.74) is 6.47. The van der Waals surface area contributed by atoms with Gasteiger partial charge in [0.15, 0.2) is 5.84 Å². The van der Waals surface area contributed by atoms with E-state index in [2.05, 4.69) is 10.1 Å². The van der Waals surface area contributed by atoms with Gasteiger partial charge in [0.25, 0.3) is 0 Å². The van der Waals surface area contributed by atoms with Gasteiger partial charge in [-0.05, 0) is 37.9 Å². The lowest BCUT2D eigenvalue weighted by Gasteiger charge is -2.37. The number of halogens is 1. The van der Waals surface area contributed by atoms with Crippen LogP contribution in [0.1, 0.15) is 30.9 Å². The minimum atomic E-state index is -0.626. The number of nitrogens with two attached hydrogens (primary N) is 1. The third kappa shape index (κ3) is 3.62. The predicted molar refractivity (Wildman–Crippen MR) is 79.1 cm³/mol. The summed E-state index contributed by atoms with van der Waals surface area (Å²) < 4.78 is 0. The molecule has 1 fully saturated rings. The smallest absolute Gasteiger partial charge is 0.170 e. The van der Waals surface area contributed by atoms with E-state index in [1.54, 1.807) is 12.1 Å². The monoisotopic (exact) mass is 297 g/mol. The molecule has 0 saturated carbocycles. The fraction of sp³-hybridized carbons (Fsp3) is 0.500. The lowest BCUT2D eigenvalue weighted by molar-refractivity contribution is -0.0181. The maximum Gasteiger partial charge on any atom is 0.170 e. The van der Waals surface area contributed by atoms with E-state index >= 15 is 0 Å². The first-order valence-electron chi connectivity index (χ1n) is 6.62. The lowest BCUT2D eigenvalue weighted by Crippen LogP contribution is -2.45. The van der Waals surface area contributed by atoms with Crippen LogP contribution in [0, 0.1) is 0 Å². The van der Waals surface area contributed by atoms with Gasteiger partial charge in [-0.25, -0.2) is 0 Å². The molecule has 5 nitrogen and oxygen atoms in total. The number of oxime groups is 1. The molecule has 0 aromatic heterocycles. The molecule has 0 spiro atoms. The molecule has 0 bridgehead atoms. The van der Waals surface area contributed by atoms with Crippen LogP contribution in [-0.4, -0.2) is 39.7 Å². The second-order valence-electron chi connectivity index (χ2n) is 5.60. The fourth-order valence-electron chi connectivity index (χ4n) is 2.59. The number of hydrogen-bond acceptors (Lipinski definition) is 4. The summed E-state index contributed by atoms with van der Waals surface area (Å²) in [5.74, 6) is 0.0411. The molecule has 1 heterocycles. The van der Waals surface area contributed by atoms with Crippen molar-refractivity contribution in [2.75, 3.05) is 13.1 Å². The van der Waals surface area contributed by atoms with Crippen molar-refractivity contribution in [1.82, 2.24) is 4.90 Å². The Labute approximate surface area is 123 Å². The zero-order valence-corrected chi connectivity index (χ0v) is 12.3. The van der Waals surface area contributed by atoms with Crippen LogP contribution >= 0.6 is 11.6 Å². The quantitative estimate of drug-likeness (QED) is 0.344. The van der Waals surface area contributed by atoms with Crippen molar-refractivity contribution in [1.29, 1.82) is 0 Å². The van der Waals surface area contributed by atoms with Gasteiger partial charge in [0.2, 0.25) is 0 Å². The molecule has 0 amide bonds. The molecule has 1 atom stereocenters. The number of aliphatic hydroxyl groups is 1. The van der Waals surface area contributed by atoms with Crippen molar-refractivity contribution in [3.05, 3.63) is 34.3 Å². The first-order chi connectivity index (χ1) is 9.41. The maximum atomic E-state index is 10.1. The molecular weight excluding hydrogens is 278 g/mol. The van der Waals surface area contributed by atoms with Gasteiger partial charge in [-0.1, -0.05) is 28.9 Å². The van der Waals surface area contributed by atoms with Gasteiger partial charge >= 0.3 is 0 Å². The number of benzene rings is 1. The summed E-state index contributed by atoms with van der Waals surface area (Å²) in [6.45, 7) is 4.15. The molecule has 1 aliphatic rings. The third-order valence-corrected chi connectivity index (χ3v) is 3.96. The van der Waals surface area contributed by atoms with Gasteiger partial charge in [-0.3, -0.25) is 4.90 Å². The Bertz CT molecular complexity index is 517. The van der Waals surface area contributed by atoms with Crippen LogP contribution in [0.25, 0.3) is 0 Å². The van der Waals surface area contributed by atoms with Gasteiger partial charge < -0.3 is 16.0 Å². The molecule has 1 aliphatic heterocycles. The largest absolute Gasteiger partial charge is 0.409 e. The molecule has 1 saturated heterocycles. The highest BCUT2D eigenvalue weighted by Gasteiger charge is 2.28. The topological polar surface area (TPSA) is 82.1 Å². The van der Waals surface area contributed by atoms with Crippen molar-refractivity contribution in [2.24, 2.45) is 10.9 Å². The van der Waals surface area contributed by atoms with E-state index < -0.39 is 5.60 Å². The SMILES string of the molecule is CC1(O)CCCN(Cc2ccc(/C(N)=N/O)cc2Cl)C1. The van der Waals surface area contributed by atoms with Crippen LogP contribution < -0.4 is 5.73 Å². The van der Waals surface area contributed by atoms with Crippen LogP contribution in [0.3, 0.4) is 0 Å². The maximum absolute atomic E-state index is 10.1. The summed E-state index contributed by atoms with van der Waals surface area (Å²) >= 11 is 6.24. The molecule has 1 aromatic carbocycles. The van der Waals surface area contributed by atoms with Crippen molar-refractivity contribution < 1.29 is 10.3 Å². The van der Waals surface area contributed by atoms with Crippen molar-refractivity contribution >= 4 is 17.4 Å². The van der Waals surface area contributed by atoms with Crippen molar-refractivity contribution in [3.8, 4) is 0 Å². The minimum Gasteiger partial charge on any atom is -0.409 e. The first-order valence-corrected chi connectivity index (χ1v) is 7.00. The summed E-state index contributed by atoms with van der Waals surface area (Å²) in [7, 11) is 0. The molecule has 1 aromatic rings. The van der Waals surface area contributed by atoms with E-state index in [-0.39, 0.29) is 5.84 Å². The average molecular weight is 298 g/mol. The summed E-state index contributed by atoms with van der Waals surface area (Å²) in [6, 6.07) is 5.34. The predicted octanol–water partition coefficient (Wildman–Crippen LogP) is 1.78. The Morgan fingerprint density at radius 2 is 2.30 bits per heavy atom. The molecular formula is C14H20ClN3O2. The standard InChI is InChI=1S/C14H20ClN3O2/c1-14(19)5-2-6-18(9-14)8-11-4-3-10(7-12(11)15)13(16)17-20/h3-4,7,19-20H,2,5-6,8-9H2,1H3,(H2,16,17). The number of amidine groups is 1. The van der Waals surface area contributed by atoms with Crippen LogP contribution in [0.15, 0.2) is 23.4 Å². The lowest BCUT2D eigenvalue weighted by atomic mass is 9.95. The number of likely N-dealkylation sites (tertiary alicyclic amines) is 1. The highest BCUT2D eigenvalue weighted by Crippen LogP contribution is 2.25. The zero-order valence-electron chi connectivity index (χ0n) is 11.5. The molecule has 20 heavy (non-hydrogen) atoms. The second kappa shape index (κ2) is 5.99. The molecule has 6 heteroatoms. The van der Waals surface area contributed by atoms with E-state index in [1.165, 1.54) is 0 Å². The van der Waals surface area contributed by atoms with E-state index in [4.69, 9.17) is 22.5 Å². The van der Waals surface area contributed by atoms with Gasteiger partial charge in [-0.2, -0.15) is 0 Å².